The largest absolute Gasteiger partial charge is 0.495 e. The number of aromatic amines is 1. The van der Waals surface area contributed by atoms with E-state index in [1.807, 2.05) is 20.8 Å². The third-order valence-corrected chi connectivity index (χ3v) is 4.18. The highest BCUT2D eigenvalue weighted by molar-refractivity contribution is 5.81. The fourth-order valence-corrected chi connectivity index (χ4v) is 2.54. The van der Waals surface area contributed by atoms with Gasteiger partial charge in [0.25, 0.3) is 0 Å². The molecule has 0 spiro atoms. The van der Waals surface area contributed by atoms with Crippen molar-refractivity contribution in [3.8, 4) is 34.3 Å². The van der Waals surface area contributed by atoms with Crippen LogP contribution in [0.25, 0.3) is 22.6 Å². The van der Waals surface area contributed by atoms with Crippen molar-refractivity contribution in [1.29, 1.82) is 0 Å². The molecule has 10 heteroatoms. The lowest BCUT2D eigenvalue weighted by Gasteiger charge is -2.15. The Hall–Kier alpha value is -3.43. The number of ether oxygens (including phenoxy) is 2. The van der Waals surface area contributed by atoms with E-state index < -0.39 is 18.0 Å². The molecule has 3 aromatic heterocycles. The van der Waals surface area contributed by atoms with E-state index in [1.54, 1.807) is 18.3 Å². The maximum Gasteiger partial charge on any atom is 0.491 e. The van der Waals surface area contributed by atoms with Gasteiger partial charge in [-0.2, -0.15) is 13.2 Å². The lowest BCUT2D eigenvalue weighted by Crippen LogP contribution is -2.28. The minimum absolute atomic E-state index is 0.137. The van der Waals surface area contributed by atoms with Crippen LogP contribution in [0.4, 0.5) is 13.2 Å². The van der Waals surface area contributed by atoms with Crippen LogP contribution in [0.2, 0.25) is 0 Å². The van der Waals surface area contributed by atoms with Gasteiger partial charge in [-0.3, -0.25) is 4.98 Å². The summed E-state index contributed by atoms with van der Waals surface area (Å²) in [4.78, 5) is 26.9. The number of rotatable bonds is 4. The summed E-state index contributed by atoms with van der Waals surface area (Å²) < 4.78 is 47.5. The summed E-state index contributed by atoms with van der Waals surface area (Å²) in [5, 5.41) is 0. The Kier molecular flexibility index (Phi) is 5.51. The van der Waals surface area contributed by atoms with Crippen LogP contribution in [0.3, 0.4) is 0 Å². The zero-order valence-electron chi connectivity index (χ0n) is 16.7. The monoisotopic (exact) mass is 420 g/mol. The zero-order valence-corrected chi connectivity index (χ0v) is 16.7. The third-order valence-electron chi connectivity index (χ3n) is 4.18. The van der Waals surface area contributed by atoms with Gasteiger partial charge >= 0.3 is 12.1 Å². The van der Waals surface area contributed by atoms with Crippen molar-refractivity contribution in [1.82, 2.24) is 19.9 Å². The molecule has 0 aliphatic heterocycles. The van der Waals surface area contributed by atoms with E-state index in [4.69, 9.17) is 4.74 Å². The molecule has 0 aliphatic rings. The van der Waals surface area contributed by atoms with E-state index in [9.17, 15) is 18.0 Å². The van der Waals surface area contributed by atoms with Crippen molar-refractivity contribution in [3.63, 3.8) is 0 Å². The molecular formula is C20H19F3N4O3. The lowest BCUT2D eigenvalue weighted by molar-refractivity contribution is -0.189. The molecular weight excluding hydrogens is 401 g/mol. The molecule has 30 heavy (non-hydrogen) atoms. The highest BCUT2D eigenvalue weighted by atomic mass is 19.4. The summed E-state index contributed by atoms with van der Waals surface area (Å²) in [5.74, 6) is -2.09. The number of nitrogens with one attached hydrogen (secondary N) is 1. The average Bonchev–Trinajstić information content (AvgIpc) is 3.18. The van der Waals surface area contributed by atoms with E-state index >= 15 is 0 Å². The van der Waals surface area contributed by atoms with Crippen molar-refractivity contribution in [3.05, 3.63) is 42.5 Å². The summed E-state index contributed by atoms with van der Waals surface area (Å²) in [6, 6.07) is 4.58. The molecule has 0 atom stereocenters. The number of esters is 1. The Labute approximate surface area is 170 Å². The Balaban J connectivity index is 2.04. The summed E-state index contributed by atoms with van der Waals surface area (Å²) >= 11 is 0. The fraction of sp³-hybridized carbons (Fsp3) is 0.300. The fourth-order valence-electron chi connectivity index (χ4n) is 2.54. The predicted molar refractivity (Wildman–Crippen MR) is 102 cm³/mol. The number of alkyl halides is 3. The van der Waals surface area contributed by atoms with Gasteiger partial charge in [-0.25, -0.2) is 14.8 Å². The normalized spacial score (nSPS) is 12.0. The molecule has 158 valence electrons. The van der Waals surface area contributed by atoms with Crippen LogP contribution in [0.1, 0.15) is 26.5 Å². The van der Waals surface area contributed by atoms with Gasteiger partial charge in [-0.05, 0) is 23.8 Å². The quantitative estimate of drug-likeness (QED) is 0.633. The standard InChI is InChI=1S/C20H19F3N4O3/c1-19(2,3)15-10-25-16(27-15)14-7-11(5-6-24-14)13-8-12(29-4)9-26-17(13)30-18(28)20(21,22)23/h5-10H,1-4H3,(H,25,27). The van der Waals surface area contributed by atoms with Gasteiger partial charge in [0, 0.05) is 29.1 Å². The summed E-state index contributed by atoms with van der Waals surface area (Å²) in [6.07, 6.45) is -0.821. The molecule has 0 bridgehead atoms. The molecule has 7 nitrogen and oxygen atoms in total. The lowest BCUT2D eigenvalue weighted by atomic mass is 9.93. The first-order valence-corrected chi connectivity index (χ1v) is 8.84. The van der Waals surface area contributed by atoms with Gasteiger partial charge in [0.1, 0.15) is 11.4 Å². The number of pyridine rings is 2. The van der Waals surface area contributed by atoms with Crippen LogP contribution in [-0.2, 0) is 10.2 Å². The van der Waals surface area contributed by atoms with Crippen molar-refractivity contribution >= 4 is 5.97 Å². The third kappa shape index (κ3) is 4.58. The van der Waals surface area contributed by atoms with Crippen molar-refractivity contribution < 1.29 is 27.4 Å². The number of hydrogen-bond donors (Lipinski definition) is 1. The number of carbonyl (C=O) groups is 1. The molecule has 1 N–H and O–H groups in total. The van der Waals surface area contributed by atoms with Crippen LogP contribution >= 0.6 is 0 Å². The summed E-state index contributed by atoms with van der Waals surface area (Å²) in [5.41, 5.74) is 1.76. The van der Waals surface area contributed by atoms with Crippen LogP contribution in [0.5, 0.6) is 11.6 Å². The van der Waals surface area contributed by atoms with Crippen molar-refractivity contribution in [2.45, 2.75) is 32.4 Å². The molecule has 0 saturated heterocycles. The van der Waals surface area contributed by atoms with E-state index in [1.165, 1.54) is 19.4 Å². The van der Waals surface area contributed by atoms with E-state index in [0.29, 0.717) is 17.1 Å². The number of methoxy groups -OCH3 is 1. The second kappa shape index (κ2) is 7.77. The highest BCUT2D eigenvalue weighted by Gasteiger charge is 2.42. The minimum Gasteiger partial charge on any atom is -0.495 e. The van der Waals surface area contributed by atoms with Crippen molar-refractivity contribution in [2.24, 2.45) is 0 Å². The summed E-state index contributed by atoms with van der Waals surface area (Å²) in [6.45, 7) is 6.08. The van der Waals surface area contributed by atoms with Crippen LogP contribution in [0.15, 0.2) is 36.8 Å². The molecule has 0 radical (unpaired) electrons. The smallest absolute Gasteiger partial charge is 0.491 e. The molecule has 0 unspecified atom stereocenters. The Morgan fingerprint density at radius 2 is 1.80 bits per heavy atom. The van der Waals surface area contributed by atoms with E-state index in [0.717, 1.165) is 11.9 Å². The average molecular weight is 420 g/mol. The number of imidazole rings is 1. The maximum absolute atomic E-state index is 12.6. The maximum atomic E-state index is 12.6. The first-order chi connectivity index (χ1) is 14.0. The molecule has 3 rings (SSSR count). The van der Waals surface area contributed by atoms with Gasteiger partial charge in [0.15, 0.2) is 5.82 Å². The molecule has 0 aliphatic carbocycles. The summed E-state index contributed by atoms with van der Waals surface area (Å²) in [7, 11) is 1.39. The second-order valence-electron chi connectivity index (χ2n) is 7.44. The number of carbonyl (C=O) groups excluding carboxylic acids is 1. The Morgan fingerprint density at radius 1 is 1.07 bits per heavy atom. The molecule has 3 aromatic rings. The van der Waals surface area contributed by atoms with Gasteiger partial charge in [0.2, 0.25) is 5.88 Å². The number of aromatic nitrogens is 4. The van der Waals surface area contributed by atoms with E-state index in [2.05, 4.69) is 24.7 Å². The van der Waals surface area contributed by atoms with Crippen molar-refractivity contribution in [2.75, 3.05) is 7.11 Å². The van der Waals surface area contributed by atoms with Crippen LogP contribution in [0, 0.1) is 0 Å². The van der Waals surface area contributed by atoms with Crippen LogP contribution < -0.4 is 9.47 Å². The highest BCUT2D eigenvalue weighted by Crippen LogP contribution is 2.34. The predicted octanol–water partition coefficient (Wildman–Crippen LogP) is 4.31. The zero-order chi connectivity index (χ0) is 22.1. The first-order valence-electron chi connectivity index (χ1n) is 8.84. The molecule has 0 aromatic carbocycles. The van der Waals surface area contributed by atoms with Gasteiger partial charge in [-0.15, -0.1) is 0 Å². The van der Waals surface area contributed by atoms with E-state index in [-0.39, 0.29) is 16.7 Å². The van der Waals surface area contributed by atoms with Gasteiger partial charge in [-0.1, -0.05) is 20.8 Å². The SMILES string of the molecule is COc1cnc(OC(=O)C(F)(F)F)c(-c2ccnc(-c3ncc(C(C)(C)C)[nH]3)c2)c1. The number of hydrogen-bond acceptors (Lipinski definition) is 6. The number of H-pyrrole nitrogens is 1. The Bertz CT molecular complexity index is 1070. The topological polar surface area (TPSA) is 90.0 Å². The molecule has 0 fully saturated rings. The molecule has 0 amide bonds. The van der Waals surface area contributed by atoms with Gasteiger partial charge in [0.05, 0.1) is 13.3 Å². The van der Waals surface area contributed by atoms with Crippen LogP contribution in [-0.4, -0.2) is 39.2 Å². The number of nitrogens with zero attached hydrogens (tertiary/aromatic N) is 3. The Morgan fingerprint density at radius 3 is 2.40 bits per heavy atom. The second-order valence-corrected chi connectivity index (χ2v) is 7.44. The first kappa shape index (κ1) is 21.3. The molecule has 0 saturated carbocycles. The van der Waals surface area contributed by atoms with Gasteiger partial charge < -0.3 is 14.5 Å². The number of halogens is 3. The minimum atomic E-state index is -5.15. The molecule has 3 heterocycles.